The van der Waals surface area contributed by atoms with Gasteiger partial charge in [0.2, 0.25) is 10.0 Å². The topological polar surface area (TPSA) is 71.5 Å². The lowest BCUT2D eigenvalue weighted by Gasteiger charge is -2.29. The molecule has 0 unspecified atom stereocenters. The van der Waals surface area contributed by atoms with Gasteiger partial charge in [0.25, 0.3) is 0 Å². The molecule has 0 fully saturated rings. The summed E-state index contributed by atoms with van der Waals surface area (Å²) in [5.41, 5.74) is 0.647. The Hall–Kier alpha value is -1.83. The van der Waals surface area contributed by atoms with Gasteiger partial charge in [-0.3, -0.25) is 0 Å². The van der Waals surface area contributed by atoms with E-state index in [0.29, 0.717) is 22.3 Å². The number of nitrogens with zero attached hydrogens (tertiary/aromatic N) is 2. The highest BCUT2D eigenvalue weighted by Crippen LogP contribution is 2.30. The van der Waals surface area contributed by atoms with Gasteiger partial charge < -0.3 is 10.1 Å². The summed E-state index contributed by atoms with van der Waals surface area (Å²) in [6.45, 7) is 7.41. The minimum absolute atomic E-state index is 0.145. The van der Waals surface area contributed by atoms with E-state index in [0.717, 1.165) is 0 Å². The van der Waals surface area contributed by atoms with E-state index in [4.69, 9.17) is 16.3 Å². The molecule has 0 bridgehead atoms. The molecule has 1 aromatic heterocycles. The van der Waals surface area contributed by atoms with E-state index in [1.54, 1.807) is 37.4 Å². The fourth-order valence-corrected chi connectivity index (χ4v) is 4.75. The van der Waals surface area contributed by atoms with Crippen molar-refractivity contribution in [3.63, 3.8) is 0 Å². The van der Waals surface area contributed by atoms with Crippen molar-refractivity contribution in [3.8, 4) is 5.75 Å². The number of benzene rings is 1. The molecule has 142 valence electrons. The number of aromatic nitrogens is 1. The van der Waals surface area contributed by atoms with Gasteiger partial charge in [-0.1, -0.05) is 11.6 Å². The largest absolute Gasteiger partial charge is 0.495 e. The minimum atomic E-state index is -3.61. The van der Waals surface area contributed by atoms with Crippen LogP contribution >= 0.6 is 11.6 Å². The van der Waals surface area contributed by atoms with Gasteiger partial charge in [-0.25, -0.2) is 13.4 Å². The van der Waals surface area contributed by atoms with Gasteiger partial charge in [-0.2, -0.15) is 4.31 Å². The van der Waals surface area contributed by atoms with Gasteiger partial charge in [-0.05, 0) is 58.0 Å². The molecule has 6 nitrogen and oxygen atoms in total. The summed E-state index contributed by atoms with van der Waals surface area (Å²) < 4.78 is 32.5. The molecule has 0 atom stereocenters. The van der Waals surface area contributed by atoms with Crippen LogP contribution in [-0.2, 0) is 10.0 Å². The van der Waals surface area contributed by atoms with Crippen LogP contribution in [0.3, 0.4) is 0 Å². The Balaban J connectivity index is 2.30. The zero-order valence-electron chi connectivity index (χ0n) is 15.5. The molecule has 2 rings (SSSR count). The lowest BCUT2D eigenvalue weighted by atomic mass is 10.3. The predicted molar refractivity (Wildman–Crippen MR) is 105 cm³/mol. The van der Waals surface area contributed by atoms with E-state index in [2.05, 4.69) is 10.3 Å². The maximum Gasteiger partial charge on any atom is 0.245 e. The van der Waals surface area contributed by atoms with Crippen molar-refractivity contribution >= 4 is 33.1 Å². The predicted octanol–water partition coefficient (Wildman–Crippen LogP) is 4.29. The molecular formula is C18H24ClN3O3S. The third-order valence-corrected chi connectivity index (χ3v) is 6.22. The first kappa shape index (κ1) is 20.5. The van der Waals surface area contributed by atoms with Crippen LogP contribution in [-0.4, -0.2) is 36.9 Å². The second-order valence-electron chi connectivity index (χ2n) is 6.37. The number of rotatable bonds is 7. The second kappa shape index (κ2) is 8.24. The zero-order chi connectivity index (χ0) is 19.5. The molecule has 0 saturated heterocycles. The number of methoxy groups -OCH3 is 1. The first-order valence-electron chi connectivity index (χ1n) is 8.27. The van der Waals surface area contributed by atoms with Gasteiger partial charge in [0.15, 0.2) is 0 Å². The quantitative estimate of drug-likeness (QED) is 0.754. The highest BCUT2D eigenvalue weighted by Gasteiger charge is 2.29. The molecule has 0 aliphatic carbocycles. The Morgan fingerprint density at radius 3 is 2.27 bits per heavy atom. The van der Waals surface area contributed by atoms with Crippen molar-refractivity contribution in [1.82, 2.24) is 9.29 Å². The summed E-state index contributed by atoms with van der Waals surface area (Å²) in [6, 6.07) is 8.05. The molecule has 0 aliphatic heterocycles. The molecular weight excluding hydrogens is 374 g/mol. The smallest absolute Gasteiger partial charge is 0.245 e. The summed E-state index contributed by atoms with van der Waals surface area (Å²) in [7, 11) is -2.05. The van der Waals surface area contributed by atoms with Crippen molar-refractivity contribution in [3.05, 3.63) is 41.6 Å². The average Bonchev–Trinajstić information content (AvgIpc) is 2.54. The van der Waals surface area contributed by atoms with Crippen LogP contribution in [0.1, 0.15) is 27.7 Å². The van der Waals surface area contributed by atoms with E-state index in [1.807, 2.05) is 27.7 Å². The Bertz CT molecular complexity index is 844. The second-order valence-corrected chi connectivity index (χ2v) is 8.65. The summed E-state index contributed by atoms with van der Waals surface area (Å²) in [5, 5.41) is 3.64. The number of anilines is 2. The first-order valence-corrected chi connectivity index (χ1v) is 10.1. The molecule has 0 radical (unpaired) electrons. The Morgan fingerprint density at radius 2 is 1.77 bits per heavy atom. The van der Waals surface area contributed by atoms with Gasteiger partial charge in [0.05, 0.1) is 12.8 Å². The summed E-state index contributed by atoms with van der Waals surface area (Å²) in [4.78, 5) is 4.39. The Labute approximate surface area is 160 Å². The van der Waals surface area contributed by atoms with Crippen LogP contribution in [0.25, 0.3) is 0 Å². The summed E-state index contributed by atoms with van der Waals surface area (Å²) >= 11 is 6.02. The molecule has 8 heteroatoms. The van der Waals surface area contributed by atoms with Crippen molar-refractivity contribution in [2.45, 2.75) is 44.7 Å². The van der Waals surface area contributed by atoms with Crippen molar-refractivity contribution in [2.75, 3.05) is 12.4 Å². The SMILES string of the molecule is COc1ccc(Cl)cc1Nc1ccc(S(=O)(=O)N(C(C)C)C(C)C)cn1. The normalized spacial score (nSPS) is 12.0. The first-order chi connectivity index (χ1) is 12.2. The molecule has 0 aliphatic rings. The highest BCUT2D eigenvalue weighted by atomic mass is 35.5. The monoisotopic (exact) mass is 397 g/mol. The van der Waals surface area contributed by atoms with Crippen LogP contribution in [0.5, 0.6) is 5.75 Å². The number of halogens is 1. The number of hydrogen-bond acceptors (Lipinski definition) is 5. The van der Waals surface area contributed by atoms with Crippen LogP contribution < -0.4 is 10.1 Å². The third kappa shape index (κ3) is 4.47. The third-order valence-electron chi connectivity index (χ3n) is 3.75. The highest BCUT2D eigenvalue weighted by molar-refractivity contribution is 7.89. The number of nitrogens with one attached hydrogen (secondary N) is 1. The zero-order valence-corrected chi connectivity index (χ0v) is 17.1. The van der Waals surface area contributed by atoms with E-state index in [1.165, 1.54) is 10.5 Å². The minimum Gasteiger partial charge on any atom is -0.495 e. The van der Waals surface area contributed by atoms with Gasteiger partial charge in [-0.15, -0.1) is 0 Å². The van der Waals surface area contributed by atoms with Crippen LogP contribution in [0.4, 0.5) is 11.5 Å². The van der Waals surface area contributed by atoms with E-state index < -0.39 is 10.0 Å². The fraction of sp³-hybridized carbons (Fsp3) is 0.389. The maximum absolute atomic E-state index is 12.9. The van der Waals surface area contributed by atoms with E-state index in [9.17, 15) is 8.42 Å². The lowest BCUT2D eigenvalue weighted by Crippen LogP contribution is -2.41. The van der Waals surface area contributed by atoms with E-state index in [-0.39, 0.29) is 17.0 Å². The molecule has 1 aromatic carbocycles. The van der Waals surface area contributed by atoms with Gasteiger partial charge >= 0.3 is 0 Å². The molecule has 1 heterocycles. The lowest BCUT2D eigenvalue weighted by molar-refractivity contribution is 0.302. The molecule has 1 N–H and O–H groups in total. The number of sulfonamides is 1. The van der Waals surface area contributed by atoms with Gasteiger partial charge in [0.1, 0.15) is 16.5 Å². The molecule has 0 spiro atoms. The Morgan fingerprint density at radius 1 is 1.12 bits per heavy atom. The molecule has 0 amide bonds. The van der Waals surface area contributed by atoms with Gasteiger partial charge in [0, 0.05) is 23.3 Å². The van der Waals surface area contributed by atoms with Crippen LogP contribution in [0.2, 0.25) is 5.02 Å². The van der Waals surface area contributed by atoms with Crippen LogP contribution in [0, 0.1) is 0 Å². The van der Waals surface area contributed by atoms with Crippen molar-refractivity contribution < 1.29 is 13.2 Å². The van der Waals surface area contributed by atoms with Crippen molar-refractivity contribution in [2.24, 2.45) is 0 Å². The maximum atomic E-state index is 12.9. The molecule has 26 heavy (non-hydrogen) atoms. The fourth-order valence-electron chi connectivity index (χ4n) is 2.80. The number of pyridine rings is 1. The number of ether oxygens (including phenoxy) is 1. The van der Waals surface area contributed by atoms with Crippen molar-refractivity contribution in [1.29, 1.82) is 0 Å². The summed E-state index contributed by atoms with van der Waals surface area (Å²) in [5.74, 6) is 1.10. The Kier molecular flexibility index (Phi) is 6.49. The van der Waals surface area contributed by atoms with E-state index >= 15 is 0 Å². The molecule has 0 saturated carbocycles. The van der Waals surface area contributed by atoms with Crippen LogP contribution in [0.15, 0.2) is 41.4 Å². The standard InChI is InChI=1S/C18H24ClN3O3S/c1-12(2)22(13(3)4)26(23,24)15-7-9-18(20-11-15)21-16-10-14(19)6-8-17(16)25-5/h6-13H,1-5H3,(H,20,21). The summed E-state index contributed by atoms with van der Waals surface area (Å²) in [6.07, 6.45) is 1.35. The number of hydrogen-bond donors (Lipinski definition) is 1. The average molecular weight is 398 g/mol. The molecule has 2 aromatic rings.